The van der Waals surface area contributed by atoms with Crippen molar-refractivity contribution in [1.82, 2.24) is 30.9 Å². The first-order valence-electron chi connectivity index (χ1n) is 10.5. The number of amides is 2. The number of carbonyl (C=O) groups excluding carboxylic acids is 2. The smallest absolute Gasteiger partial charge is 0.273 e. The van der Waals surface area contributed by atoms with Crippen molar-refractivity contribution in [2.24, 2.45) is 0 Å². The van der Waals surface area contributed by atoms with Gasteiger partial charge in [-0.1, -0.05) is 23.7 Å². The first-order chi connectivity index (χ1) is 16.1. The lowest BCUT2D eigenvalue weighted by atomic mass is 10.1. The van der Waals surface area contributed by atoms with Crippen molar-refractivity contribution in [2.75, 3.05) is 6.54 Å². The molecule has 1 unspecified atom stereocenters. The summed E-state index contributed by atoms with van der Waals surface area (Å²) in [6, 6.07) is 9.98. The van der Waals surface area contributed by atoms with Crippen LogP contribution in [0.15, 0.2) is 70.2 Å². The highest BCUT2D eigenvalue weighted by Crippen LogP contribution is 2.20. The number of nitrogens with zero attached hydrogens (tertiary/aromatic N) is 4. The van der Waals surface area contributed by atoms with Crippen LogP contribution in [-0.2, 0) is 0 Å². The van der Waals surface area contributed by atoms with Gasteiger partial charge in [0.05, 0.1) is 0 Å². The fourth-order valence-corrected chi connectivity index (χ4v) is 3.19. The van der Waals surface area contributed by atoms with E-state index >= 15 is 0 Å². The second kappa shape index (κ2) is 10.3. The van der Waals surface area contributed by atoms with E-state index in [1.54, 1.807) is 49.1 Å². The third-order valence-corrected chi connectivity index (χ3v) is 4.86. The van der Waals surface area contributed by atoms with Gasteiger partial charge >= 0.3 is 0 Å². The zero-order chi connectivity index (χ0) is 23.0. The van der Waals surface area contributed by atoms with Gasteiger partial charge < -0.3 is 19.7 Å². The van der Waals surface area contributed by atoms with Crippen LogP contribution in [0.5, 0.6) is 0 Å². The molecule has 4 heterocycles. The molecule has 0 aromatic carbocycles. The Labute approximate surface area is 189 Å². The van der Waals surface area contributed by atoms with E-state index in [-0.39, 0.29) is 29.9 Å². The summed E-state index contributed by atoms with van der Waals surface area (Å²) >= 11 is 0. The first-order valence-corrected chi connectivity index (χ1v) is 10.5. The number of rotatable bonds is 9. The van der Waals surface area contributed by atoms with E-state index < -0.39 is 5.91 Å². The van der Waals surface area contributed by atoms with E-state index in [4.69, 9.17) is 9.05 Å². The lowest BCUT2D eigenvalue weighted by Gasteiger charge is -2.17. The van der Waals surface area contributed by atoms with Gasteiger partial charge in [0.15, 0.2) is 22.9 Å². The Hall–Kier alpha value is -4.34. The van der Waals surface area contributed by atoms with Gasteiger partial charge in [-0.15, -0.1) is 0 Å². The summed E-state index contributed by atoms with van der Waals surface area (Å²) in [5.74, 6) is 0.109. The van der Waals surface area contributed by atoms with Crippen molar-refractivity contribution < 1.29 is 18.6 Å². The standard InChI is InChI=1S/C23H22N6O4/c1-2-5-17(27-23(31)19-11-21(33-29-19)16-7-4-9-25-13-16)14-26-22(30)18-10-20(32-28-18)15-6-3-8-24-12-15/h3-4,6-13,17H,2,5,14H2,1H3,(H,26,30)(H,27,31). The van der Waals surface area contributed by atoms with Crippen LogP contribution in [0.4, 0.5) is 0 Å². The lowest BCUT2D eigenvalue weighted by molar-refractivity contribution is 0.0897. The van der Waals surface area contributed by atoms with Crippen molar-refractivity contribution in [2.45, 2.75) is 25.8 Å². The van der Waals surface area contributed by atoms with E-state index in [1.165, 1.54) is 0 Å². The molecule has 4 rings (SSSR count). The monoisotopic (exact) mass is 446 g/mol. The predicted molar refractivity (Wildman–Crippen MR) is 118 cm³/mol. The summed E-state index contributed by atoms with van der Waals surface area (Å²) in [6.07, 6.45) is 8.03. The van der Waals surface area contributed by atoms with Gasteiger partial charge in [-0.2, -0.15) is 0 Å². The Morgan fingerprint density at radius 3 is 2.00 bits per heavy atom. The second-order valence-corrected chi connectivity index (χ2v) is 7.31. The van der Waals surface area contributed by atoms with Gasteiger partial charge in [0.1, 0.15) is 0 Å². The molecule has 10 heteroatoms. The third-order valence-electron chi connectivity index (χ3n) is 4.86. The SMILES string of the molecule is CCCC(CNC(=O)c1cc(-c2cccnc2)on1)NC(=O)c1cc(-c2cccnc2)on1. The molecule has 33 heavy (non-hydrogen) atoms. The molecule has 168 valence electrons. The maximum atomic E-state index is 12.7. The molecule has 4 aromatic heterocycles. The summed E-state index contributed by atoms with van der Waals surface area (Å²) in [7, 11) is 0. The Morgan fingerprint density at radius 1 is 0.909 bits per heavy atom. The Bertz CT molecular complexity index is 1210. The van der Waals surface area contributed by atoms with Crippen LogP contribution in [0.25, 0.3) is 22.6 Å². The quantitative estimate of drug-likeness (QED) is 0.400. The minimum atomic E-state index is -0.399. The number of pyridine rings is 2. The Balaban J connectivity index is 1.35. The molecule has 4 aromatic rings. The molecule has 0 saturated heterocycles. The molecular formula is C23H22N6O4. The van der Waals surface area contributed by atoms with E-state index in [9.17, 15) is 9.59 Å². The number of hydrogen-bond acceptors (Lipinski definition) is 8. The number of hydrogen-bond donors (Lipinski definition) is 2. The van der Waals surface area contributed by atoms with Gasteiger partial charge in [0.2, 0.25) is 0 Å². The molecule has 0 spiro atoms. The number of aromatic nitrogens is 4. The molecule has 0 saturated carbocycles. The largest absolute Gasteiger partial charge is 0.355 e. The van der Waals surface area contributed by atoms with E-state index in [0.717, 1.165) is 17.5 Å². The van der Waals surface area contributed by atoms with Gasteiger partial charge in [-0.05, 0) is 30.7 Å². The molecule has 0 radical (unpaired) electrons. The van der Waals surface area contributed by atoms with Crippen LogP contribution >= 0.6 is 0 Å². The van der Waals surface area contributed by atoms with Crippen molar-refractivity contribution in [1.29, 1.82) is 0 Å². The topological polar surface area (TPSA) is 136 Å². The van der Waals surface area contributed by atoms with Crippen molar-refractivity contribution in [3.05, 3.63) is 72.6 Å². The third kappa shape index (κ3) is 5.48. The highest BCUT2D eigenvalue weighted by atomic mass is 16.5. The average Bonchev–Trinajstić information content (AvgIpc) is 3.54. The van der Waals surface area contributed by atoms with Crippen LogP contribution in [0, 0.1) is 0 Å². The van der Waals surface area contributed by atoms with Crippen LogP contribution < -0.4 is 10.6 Å². The van der Waals surface area contributed by atoms with Gasteiger partial charge in [-0.3, -0.25) is 19.6 Å². The van der Waals surface area contributed by atoms with Crippen LogP contribution in [0.3, 0.4) is 0 Å². The Kier molecular flexibility index (Phi) is 6.84. The zero-order valence-electron chi connectivity index (χ0n) is 17.9. The molecule has 0 aliphatic carbocycles. The van der Waals surface area contributed by atoms with Crippen LogP contribution in [0.2, 0.25) is 0 Å². The maximum absolute atomic E-state index is 12.7. The number of carbonyl (C=O) groups is 2. The molecule has 2 amide bonds. The number of nitrogens with one attached hydrogen (secondary N) is 2. The molecule has 2 N–H and O–H groups in total. The average molecular weight is 446 g/mol. The van der Waals surface area contributed by atoms with Crippen molar-refractivity contribution in [3.63, 3.8) is 0 Å². The highest BCUT2D eigenvalue weighted by Gasteiger charge is 2.20. The first kappa shape index (κ1) is 21.9. The normalized spacial score (nSPS) is 11.7. The molecule has 0 aliphatic rings. The van der Waals surface area contributed by atoms with Crippen molar-refractivity contribution in [3.8, 4) is 22.6 Å². The molecule has 0 fully saturated rings. The summed E-state index contributed by atoms with van der Waals surface area (Å²) in [5, 5.41) is 13.4. The molecule has 1 atom stereocenters. The molecule has 10 nitrogen and oxygen atoms in total. The second-order valence-electron chi connectivity index (χ2n) is 7.31. The predicted octanol–water partition coefficient (Wildman–Crippen LogP) is 3.12. The van der Waals surface area contributed by atoms with E-state index in [1.807, 2.05) is 19.1 Å². The van der Waals surface area contributed by atoms with Gasteiger partial charge in [0, 0.05) is 60.6 Å². The summed E-state index contributed by atoms with van der Waals surface area (Å²) in [6.45, 7) is 2.22. The van der Waals surface area contributed by atoms with Crippen molar-refractivity contribution >= 4 is 11.8 Å². The molecule has 0 aliphatic heterocycles. The van der Waals surface area contributed by atoms with Gasteiger partial charge in [-0.25, -0.2) is 0 Å². The minimum Gasteiger partial charge on any atom is -0.355 e. The van der Waals surface area contributed by atoms with E-state index in [2.05, 4.69) is 30.9 Å². The summed E-state index contributed by atoms with van der Waals surface area (Å²) in [5.41, 5.74) is 1.74. The van der Waals surface area contributed by atoms with E-state index in [0.29, 0.717) is 17.9 Å². The minimum absolute atomic E-state index is 0.146. The van der Waals surface area contributed by atoms with Gasteiger partial charge in [0.25, 0.3) is 11.8 Å². The van der Waals surface area contributed by atoms with Crippen LogP contribution in [-0.4, -0.2) is 44.7 Å². The Morgan fingerprint density at radius 2 is 1.48 bits per heavy atom. The lowest BCUT2D eigenvalue weighted by Crippen LogP contribution is -2.43. The van der Waals surface area contributed by atoms with Crippen LogP contribution in [0.1, 0.15) is 40.7 Å². The molecular weight excluding hydrogens is 424 g/mol. The fraction of sp³-hybridized carbons (Fsp3) is 0.217. The zero-order valence-corrected chi connectivity index (χ0v) is 17.9. The summed E-state index contributed by atoms with van der Waals surface area (Å²) < 4.78 is 10.5. The summed E-state index contributed by atoms with van der Waals surface area (Å²) in [4.78, 5) is 33.2. The maximum Gasteiger partial charge on any atom is 0.273 e. The fourth-order valence-electron chi connectivity index (χ4n) is 3.19. The highest BCUT2D eigenvalue weighted by molar-refractivity contribution is 5.94. The molecule has 0 bridgehead atoms.